The zero-order valence-electron chi connectivity index (χ0n) is 13.8. The van der Waals surface area contributed by atoms with E-state index in [0.717, 1.165) is 10.2 Å². The lowest BCUT2D eigenvalue weighted by atomic mass is 10.2. The summed E-state index contributed by atoms with van der Waals surface area (Å²) >= 11 is 1.40. The van der Waals surface area contributed by atoms with E-state index in [0.29, 0.717) is 22.6 Å². The first-order valence-electron chi connectivity index (χ1n) is 7.23. The van der Waals surface area contributed by atoms with Crippen molar-refractivity contribution in [1.29, 1.82) is 0 Å². The summed E-state index contributed by atoms with van der Waals surface area (Å²) in [6.07, 6.45) is 1.84. The van der Waals surface area contributed by atoms with Gasteiger partial charge in [0.25, 0.3) is 5.56 Å². The minimum Gasteiger partial charge on any atom is -0.493 e. The van der Waals surface area contributed by atoms with Gasteiger partial charge in [-0.1, -0.05) is 26.5 Å². The van der Waals surface area contributed by atoms with Crippen LogP contribution in [0.15, 0.2) is 23.0 Å². The van der Waals surface area contributed by atoms with Crippen molar-refractivity contribution in [2.45, 2.75) is 27.3 Å². The highest BCUT2D eigenvalue weighted by atomic mass is 32.1. The van der Waals surface area contributed by atoms with E-state index in [4.69, 9.17) is 9.47 Å². The van der Waals surface area contributed by atoms with Gasteiger partial charge in [-0.15, -0.1) is 11.3 Å². The van der Waals surface area contributed by atoms with E-state index in [-0.39, 0.29) is 5.56 Å². The first kappa shape index (κ1) is 18.0. The van der Waals surface area contributed by atoms with Crippen LogP contribution in [-0.4, -0.2) is 18.8 Å². The number of nitrogens with zero attached hydrogens (tertiary/aromatic N) is 1. The van der Waals surface area contributed by atoms with Gasteiger partial charge < -0.3 is 9.47 Å². The number of hydrogen-bond acceptors (Lipinski definition) is 4. The van der Waals surface area contributed by atoms with Gasteiger partial charge in [-0.25, -0.2) is 0 Å². The number of ether oxygens (including phenoxy) is 2. The van der Waals surface area contributed by atoms with Crippen molar-refractivity contribution >= 4 is 24.0 Å². The van der Waals surface area contributed by atoms with Gasteiger partial charge in [0.05, 0.1) is 23.4 Å². The molecule has 1 heterocycles. The van der Waals surface area contributed by atoms with Crippen LogP contribution in [0.5, 0.6) is 11.5 Å². The zero-order valence-corrected chi connectivity index (χ0v) is 14.6. The molecule has 0 unspecified atom stereocenters. The van der Waals surface area contributed by atoms with Crippen molar-refractivity contribution in [3.63, 3.8) is 0 Å². The topological polar surface area (TPSA) is 40.5 Å². The Morgan fingerprint density at radius 3 is 2.36 bits per heavy atom. The van der Waals surface area contributed by atoms with Crippen molar-refractivity contribution < 1.29 is 9.47 Å². The molecule has 0 aliphatic rings. The van der Waals surface area contributed by atoms with Gasteiger partial charge >= 0.3 is 0 Å². The summed E-state index contributed by atoms with van der Waals surface area (Å²) in [6.45, 7) is 10.5. The van der Waals surface area contributed by atoms with Gasteiger partial charge in [0.2, 0.25) is 0 Å². The number of methoxy groups -OCH3 is 2. The van der Waals surface area contributed by atoms with Crippen LogP contribution >= 0.6 is 11.3 Å². The molecular formula is C17H23NO3S. The molecule has 1 aromatic heterocycles. The van der Waals surface area contributed by atoms with E-state index in [2.05, 4.69) is 6.58 Å². The molecule has 0 radical (unpaired) electrons. The molecule has 0 aliphatic heterocycles. The van der Waals surface area contributed by atoms with Crippen LogP contribution in [-0.2, 0) is 6.54 Å². The van der Waals surface area contributed by atoms with E-state index < -0.39 is 0 Å². The standard InChI is InChI=1S/C15H17NO3S.C2H6/c1-5-16-10(2)20-14(15(16)17)9-11-6-7-12(18-3)13(8-11)19-4;1-2/h6-9H,2,5H2,1,3-4H3;1-2H3/b14-9+;. The predicted molar refractivity (Wildman–Crippen MR) is 93.5 cm³/mol. The summed E-state index contributed by atoms with van der Waals surface area (Å²) in [5.41, 5.74) is 0.890. The number of thiazole rings is 1. The van der Waals surface area contributed by atoms with Crippen LogP contribution < -0.4 is 24.2 Å². The smallest absolute Gasteiger partial charge is 0.269 e. The molecule has 1 aromatic carbocycles. The van der Waals surface area contributed by atoms with Crippen molar-refractivity contribution in [2.24, 2.45) is 0 Å². The number of aromatic nitrogens is 1. The summed E-state index contributed by atoms with van der Waals surface area (Å²) in [7, 11) is 3.18. The molecule has 0 N–H and O–H groups in total. The normalized spacial score (nSPS) is 10.9. The Labute approximate surface area is 134 Å². The fourth-order valence-corrected chi connectivity index (χ4v) is 2.95. The van der Waals surface area contributed by atoms with E-state index in [9.17, 15) is 4.79 Å². The molecule has 0 fully saturated rings. The molecule has 0 spiro atoms. The summed E-state index contributed by atoms with van der Waals surface area (Å²) < 4.78 is 13.6. The lowest BCUT2D eigenvalue weighted by Gasteiger charge is -2.07. The molecular weight excluding hydrogens is 298 g/mol. The lowest BCUT2D eigenvalue weighted by Crippen LogP contribution is -2.30. The van der Waals surface area contributed by atoms with Crippen LogP contribution in [0, 0.1) is 0 Å². The largest absolute Gasteiger partial charge is 0.493 e. The fourth-order valence-electron chi connectivity index (χ4n) is 1.98. The molecule has 0 saturated carbocycles. The Hall–Kier alpha value is -2.01. The van der Waals surface area contributed by atoms with Crippen molar-refractivity contribution in [3.05, 3.63) is 43.3 Å². The highest BCUT2D eigenvalue weighted by molar-refractivity contribution is 7.07. The minimum atomic E-state index is -0.00251. The molecule has 0 amide bonds. The van der Waals surface area contributed by atoms with Crippen molar-refractivity contribution in [3.8, 4) is 11.5 Å². The maximum atomic E-state index is 12.1. The fraction of sp³-hybridized carbons (Fsp3) is 0.353. The van der Waals surface area contributed by atoms with Gasteiger partial charge in [0, 0.05) is 6.54 Å². The average Bonchev–Trinajstić information content (AvgIpc) is 2.82. The quantitative estimate of drug-likeness (QED) is 0.867. The van der Waals surface area contributed by atoms with Crippen molar-refractivity contribution in [2.75, 3.05) is 14.2 Å². The second-order valence-electron chi connectivity index (χ2n) is 4.17. The third-order valence-corrected chi connectivity index (χ3v) is 3.97. The predicted octanol–water partition coefficient (Wildman–Crippen LogP) is 2.21. The summed E-state index contributed by atoms with van der Waals surface area (Å²) in [4.78, 5) is 12.1. The summed E-state index contributed by atoms with van der Waals surface area (Å²) in [5.74, 6) is 1.31. The minimum absolute atomic E-state index is 0.00251. The SMILES string of the molecule is C=c1s/c(=C/c2ccc(OC)c(OC)c2)c(=O)n1CC.CC. The Kier molecular flexibility index (Phi) is 6.92. The van der Waals surface area contributed by atoms with E-state index in [1.807, 2.05) is 45.0 Å². The Morgan fingerprint density at radius 2 is 1.86 bits per heavy atom. The molecule has 0 atom stereocenters. The van der Waals surface area contributed by atoms with Gasteiger partial charge in [-0.2, -0.15) is 0 Å². The average molecular weight is 321 g/mol. The molecule has 22 heavy (non-hydrogen) atoms. The third-order valence-electron chi connectivity index (χ3n) is 3.01. The monoisotopic (exact) mass is 321 g/mol. The second kappa shape index (κ2) is 8.44. The maximum absolute atomic E-state index is 12.1. The molecule has 0 saturated heterocycles. The number of hydrogen-bond donors (Lipinski definition) is 0. The van der Waals surface area contributed by atoms with Gasteiger partial charge in [-0.05, 0) is 30.7 Å². The Morgan fingerprint density at radius 1 is 1.23 bits per heavy atom. The number of rotatable bonds is 4. The first-order chi connectivity index (χ1) is 10.6. The summed E-state index contributed by atoms with van der Waals surface area (Å²) in [6, 6.07) is 5.55. The van der Waals surface area contributed by atoms with Crippen LogP contribution in [0.25, 0.3) is 12.7 Å². The van der Waals surface area contributed by atoms with Crippen molar-refractivity contribution in [1.82, 2.24) is 4.57 Å². The second-order valence-corrected chi connectivity index (χ2v) is 5.28. The summed E-state index contributed by atoms with van der Waals surface area (Å²) in [5, 5.41) is 0. The highest BCUT2D eigenvalue weighted by Crippen LogP contribution is 2.27. The molecule has 0 bridgehead atoms. The zero-order chi connectivity index (χ0) is 16.7. The third kappa shape index (κ3) is 3.80. The molecule has 0 aliphatic carbocycles. The van der Waals surface area contributed by atoms with Gasteiger partial charge in [-0.3, -0.25) is 9.36 Å². The molecule has 2 aromatic rings. The molecule has 5 heteroatoms. The van der Waals surface area contributed by atoms with Gasteiger partial charge in [0.1, 0.15) is 0 Å². The Balaban J connectivity index is 0.00000116. The molecule has 4 nitrogen and oxygen atoms in total. The van der Waals surface area contributed by atoms with E-state index >= 15 is 0 Å². The highest BCUT2D eigenvalue weighted by Gasteiger charge is 2.05. The van der Waals surface area contributed by atoms with Gasteiger partial charge in [0.15, 0.2) is 11.5 Å². The lowest BCUT2D eigenvalue weighted by molar-refractivity contribution is 0.355. The van der Waals surface area contributed by atoms with E-state index in [1.54, 1.807) is 18.8 Å². The van der Waals surface area contributed by atoms with Crippen LogP contribution in [0.1, 0.15) is 26.3 Å². The van der Waals surface area contributed by atoms with Crippen LogP contribution in [0.3, 0.4) is 0 Å². The van der Waals surface area contributed by atoms with E-state index in [1.165, 1.54) is 11.3 Å². The molecule has 2 rings (SSSR count). The first-order valence-corrected chi connectivity index (χ1v) is 8.04. The Bertz CT molecular complexity index is 774. The van der Waals surface area contributed by atoms with Crippen LogP contribution in [0.4, 0.5) is 0 Å². The molecule has 120 valence electrons. The number of benzene rings is 1. The van der Waals surface area contributed by atoms with Crippen LogP contribution in [0.2, 0.25) is 0 Å². The maximum Gasteiger partial charge on any atom is 0.269 e.